The van der Waals surface area contributed by atoms with Crippen molar-refractivity contribution in [2.75, 3.05) is 91.7 Å². The number of anilines is 1. The number of fused-ring (bicyclic) bond motifs is 2. The van der Waals surface area contributed by atoms with Crippen molar-refractivity contribution < 1.29 is 73.7 Å². The molecule has 3 saturated heterocycles. The van der Waals surface area contributed by atoms with E-state index in [2.05, 4.69) is 32.6 Å². The molecule has 3 fully saturated rings. The van der Waals surface area contributed by atoms with Gasteiger partial charge in [0.2, 0.25) is 5.91 Å². The number of nitrogens with zero attached hydrogens (tertiary/aromatic N) is 5. The summed E-state index contributed by atoms with van der Waals surface area (Å²) < 4.78 is 121. The van der Waals surface area contributed by atoms with Gasteiger partial charge in [0.25, 0.3) is 11.8 Å². The zero-order valence-electron chi connectivity index (χ0n) is 57.3. The van der Waals surface area contributed by atoms with Crippen LogP contribution in [-0.4, -0.2) is 153 Å². The standard InChI is InChI=1S/C79H86F7N7O9/c1-89(71(94)52-99-70-48-59-16-9-11-18-68(59)76(70)35-41-92(42-36-76)43-37-77(61-27-29-64(80)30-28-61)53-93(54-100-77)74(97)60-46-62(78(81,82)83)49-63(47-60)79(84,85)86)38-13-4-3-8-20-72(95)101-65-31-23-56(24-32-65)51-87-50-55-21-25-58(26-22-55)73(96)90(2)44-45-91-39-33-66(34-40-91)102-75(98)88-69-19-12-10-17-67(69)57-14-6-5-7-15-57/h5-7,9-12,14-19,21-32,46-47,49,66,70,87H,3-4,8,13,20,33-45,48,50-54H2,1-2H3,(H,88,98)/t70-,77-/m0/s1. The van der Waals surface area contributed by atoms with E-state index >= 15 is 0 Å². The lowest BCUT2D eigenvalue weighted by atomic mass is 9.72. The molecule has 16 nitrogen and oxygen atoms in total. The van der Waals surface area contributed by atoms with Gasteiger partial charge in [0, 0.05) is 95.0 Å². The molecule has 2 atom stereocenters. The minimum Gasteiger partial charge on any atom is -0.446 e. The number of carbonyl (C=O) groups is 5. The number of hydrogen-bond acceptors (Lipinski definition) is 12. The monoisotopic (exact) mass is 1410 g/mol. The molecule has 23 heteroatoms. The number of piperidine rings is 2. The molecule has 0 bridgehead atoms. The van der Waals surface area contributed by atoms with Crippen LogP contribution in [0, 0.1) is 5.82 Å². The minimum atomic E-state index is -5.15. The molecule has 102 heavy (non-hydrogen) atoms. The molecule has 0 unspecified atom stereocenters. The van der Waals surface area contributed by atoms with Gasteiger partial charge in [-0.05, 0) is 159 Å². The normalized spacial score (nSPS) is 17.9. The Balaban J connectivity index is 0.549. The zero-order chi connectivity index (χ0) is 72.0. The van der Waals surface area contributed by atoms with Crippen LogP contribution in [0.4, 0.5) is 41.2 Å². The third kappa shape index (κ3) is 19.0. The van der Waals surface area contributed by atoms with Crippen molar-refractivity contribution in [3.63, 3.8) is 0 Å². The molecule has 11 rings (SSSR count). The lowest BCUT2D eigenvalue weighted by molar-refractivity contribution is -0.143. The topological polar surface area (TPSA) is 163 Å². The largest absolute Gasteiger partial charge is 0.446 e. The van der Waals surface area contributed by atoms with Crippen molar-refractivity contribution in [3.05, 3.63) is 226 Å². The number of alkyl halides is 6. The van der Waals surface area contributed by atoms with E-state index in [-0.39, 0.29) is 67.5 Å². The highest BCUT2D eigenvalue weighted by molar-refractivity contribution is 5.95. The summed E-state index contributed by atoms with van der Waals surface area (Å²) in [7, 11) is 3.57. The Bertz CT molecular complexity index is 3970. The van der Waals surface area contributed by atoms with E-state index < -0.39 is 59.2 Å². The van der Waals surface area contributed by atoms with E-state index in [4.69, 9.17) is 18.9 Å². The van der Waals surface area contributed by atoms with Gasteiger partial charge < -0.3 is 48.8 Å². The number of likely N-dealkylation sites (N-methyl/N-ethyl adjacent to an activating group) is 2. The average molecular weight is 1410 g/mol. The van der Waals surface area contributed by atoms with Gasteiger partial charge in [-0.25, -0.2) is 9.18 Å². The fraction of sp³-hybridized carbons (Fsp3) is 0.405. The molecule has 1 spiro atoms. The lowest BCUT2D eigenvalue weighted by Crippen LogP contribution is -2.50. The van der Waals surface area contributed by atoms with Crippen molar-refractivity contribution in [3.8, 4) is 16.9 Å². The fourth-order valence-corrected chi connectivity index (χ4v) is 14.3. The summed E-state index contributed by atoms with van der Waals surface area (Å²) in [6.07, 6.45) is -4.33. The van der Waals surface area contributed by atoms with Crippen LogP contribution in [0.15, 0.2) is 170 Å². The van der Waals surface area contributed by atoms with Gasteiger partial charge in [0.05, 0.1) is 29.5 Å². The molecule has 3 aliphatic heterocycles. The number of esters is 1. The molecule has 2 N–H and O–H groups in total. The predicted octanol–water partition coefficient (Wildman–Crippen LogP) is 14.3. The second kappa shape index (κ2) is 33.4. The molecule has 1 aliphatic carbocycles. The fourth-order valence-electron chi connectivity index (χ4n) is 14.3. The number of amides is 4. The summed E-state index contributed by atoms with van der Waals surface area (Å²) in [6.45, 7) is 5.41. The summed E-state index contributed by atoms with van der Waals surface area (Å²) in [4.78, 5) is 75.4. The highest BCUT2D eigenvalue weighted by Gasteiger charge is 2.50. The molecular formula is C79H86F7N7O9. The number of ether oxygens (including phenoxy) is 4. The first-order valence-corrected chi connectivity index (χ1v) is 34.9. The molecule has 540 valence electrons. The molecule has 3 heterocycles. The number of carbonyl (C=O) groups excluding carboxylic acids is 5. The summed E-state index contributed by atoms with van der Waals surface area (Å²) in [5, 5.41) is 6.37. The van der Waals surface area contributed by atoms with Crippen molar-refractivity contribution in [1.29, 1.82) is 0 Å². The SMILES string of the molecule is CN(CCCCCCC(=O)Oc1ccc(CNCc2ccc(C(=O)N(C)CCN3CCC(OC(=O)Nc4ccccc4-c4ccccc4)CC3)cc2)cc1)C(=O)CO[C@H]1Cc2ccccc2C12CCN(CC[C@@]1(c3ccc(F)cc3)CN(C(=O)c3cc(C(F)(F)F)cc(C(F)(F)F)c3)CO1)CC2. The Labute approximate surface area is 590 Å². The quantitative estimate of drug-likeness (QED) is 0.0217. The molecule has 0 radical (unpaired) electrons. The van der Waals surface area contributed by atoms with Gasteiger partial charge in [-0.1, -0.05) is 122 Å². The van der Waals surface area contributed by atoms with Crippen LogP contribution in [-0.2, 0) is 66.7 Å². The number of hydrogen-bond donors (Lipinski definition) is 2. The van der Waals surface area contributed by atoms with Gasteiger partial charge in [-0.2, -0.15) is 26.3 Å². The van der Waals surface area contributed by atoms with Crippen LogP contribution in [0.3, 0.4) is 0 Å². The van der Waals surface area contributed by atoms with Gasteiger partial charge in [-0.15, -0.1) is 0 Å². The Morgan fingerprint density at radius 1 is 0.647 bits per heavy atom. The summed E-state index contributed by atoms with van der Waals surface area (Å²) in [6, 6.07) is 47.0. The van der Waals surface area contributed by atoms with Gasteiger partial charge in [0.1, 0.15) is 36.6 Å². The molecule has 7 aromatic rings. The van der Waals surface area contributed by atoms with Crippen LogP contribution in [0.2, 0.25) is 0 Å². The Kier molecular flexibility index (Phi) is 24.3. The summed E-state index contributed by atoms with van der Waals surface area (Å²) >= 11 is 0. The van der Waals surface area contributed by atoms with E-state index in [1.807, 2.05) is 110 Å². The number of nitrogens with one attached hydrogen (secondary N) is 2. The first-order valence-electron chi connectivity index (χ1n) is 34.9. The highest BCUT2D eigenvalue weighted by Crippen LogP contribution is 2.49. The molecular weight excluding hydrogens is 1320 g/mol. The average Bonchev–Trinajstić information content (AvgIpc) is 1.58. The number of halogens is 7. The zero-order valence-corrected chi connectivity index (χ0v) is 57.3. The third-order valence-electron chi connectivity index (χ3n) is 20.2. The second-order valence-electron chi connectivity index (χ2n) is 27.1. The number of rotatable bonds is 27. The second-order valence-corrected chi connectivity index (χ2v) is 27.1. The number of likely N-dealkylation sites (tertiary alicyclic amines) is 2. The minimum absolute atomic E-state index is 0.0273. The maximum atomic E-state index is 14.2. The lowest BCUT2D eigenvalue weighted by Gasteiger charge is -2.44. The van der Waals surface area contributed by atoms with Gasteiger partial charge in [0.15, 0.2) is 0 Å². The molecule has 4 amide bonds. The smallest absolute Gasteiger partial charge is 0.416 e. The van der Waals surface area contributed by atoms with E-state index in [1.165, 1.54) is 29.8 Å². The predicted molar refractivity (Wildman–Crippen MR) is 372 cm³/mol. The third-order valence-corrected chi connectivity index (χ3v) is 20.2. The van der Waals surface area contributed by atoms with Gasteiger partial charge in [-0.3, -0.25) is 24.5 Å². The van der Waals surface area contributed by atoms with Gasteiger partial charge >= 0.3 is 24.4 Å². The van der Waals surface area contributed by atoms with E-state index in [1.54, 1.807) is 29.0 Å². The molecule has 0 aromatic heterocycles. The van der Waals surface area contributed by atoms with Crippen LogP contribution in [0.5, 0.6) is 5.75 Å². The Morgan fingerprint density at radius 2 is 1.27 bits per heavy atom. The Morgan fingerprint density at radius 3 is 1.96 bits per heavy atom. The van der Waals surface area contributed by atoms with Crippen LogP contribution in [0.1, 0.15) is 124 Å². The van der Waals surface area contributed by atoms with E-state index in [0.29, 0.717) is 126 Å². The summed E-state index contributed by atoms with van der Waals surface area (Å²) in [5.74, 6) is -1.66. The van der Waals surface area contributed by atoms with Crippen molar-refractivity contribution in [2.45, 2.75) is 119 Å². The van der Waals surface area contributed by atoms with E-state index in [0.717, 1.165) is 65.1 Å². The highest BCUT2D eigenvalue weighted by atomic mass is 19.4. The van der Waals surface area contributed by atoms with Crippen LogP contribution < -0.4 is 15.4 Å². The number of para-hydroxylation sites is 1. The van der Waals surface area contributed by atoms with Crippen molar-refractivity contribution in [2.24, 2.45) is 0 Å². The molecule has 7 aromatic carbocycles. The molecule has 4 aliphatic rings. The van der Waals surface area contributed by atoms with Crippen LogP contribution >= 0.6 is 0 Å². The van der Waals surface area contributed by atoms with Crippen molar-refractivity contribution >= 4 is 35.5 Å². The summed E-state index contributed by atoms with van der Waals surface area (Å²) in [5.41, 5.74) is 2.46. The van der Waals surface area contributed by atoms with E-state index in [9.17, 15) is 54.7 Å². The first-order chi connectivity index (χ1) is 49.0. The number of benzene rings is 7. The Hall–Kier alpha value is -9.00. The van der Waals surface area contributed by atoms with Crippen LogP contribution in [0.25, 0.3) is 11.1 Å². The maximum Gasteiger partial charge on any atom is 0.416 e. The number of unbranched alkanes of at least 4 members (excludes halogenated alkanes) is 3. The molecule has 0 saturated carbocycles. The maximum absolute atomic E-state index is 14.2. The first kappa shape index (κ1) is 74.2. The van der Waals surface area contributed by atoms with Crippen molar-refractivity contribution in [1.82, 2.24) is 29.8 Å².